The zero-order valence-electron chi connectivity index (χ0n) is 11.8. The molecule has 0 aromatic rings. The Bertz CT molecular complexity index is 359. The van der Waals surface area contributed by atoms with E-state index in [2.05, 4.69) is 12.2 Å². The van der Waals surface area contributed by atoms with Gasteiger partial charge in [0.25, 0.3) is 0 Å². The Morgan fingerprint density at radius 3 is 2.47 bits per heavy atom. The molecule has 0 radical (unpaired) electrons. The largest absolute Gasteiger partial charge is 0.481 e. The Labute approximate surface area is 114 Å². The maximum atomic E-state index is 12.0. The number of rotatable bonds is 3. The second-order valence-electron chi connectivity index (χ2n) is 6.18. The SMILES string of the molecule is CC1CCCC1CNC(=O)N1C[C@@H](C)[C@H](C(=O)O)C1. The van der Waals surface area contributed by atoms with Crippen LogP contribution in [0, 0.1) is 23.7 Å². The minimum atomic E-state index is -0.799. The highest BCUT2D eigenvalue weighted by Crippen LogP contribution is 2.30. The lowest BCUT2D eigenvalue weighted by Gasteiger charge is -2.20. The Morgan fingerprint density at radius 1 is 1.21 bits per heavy atom. The topological polar surface area (TPSA) is 69.6 Å². The number of carbonyl (C=O) groups excluding carboxylic acids is 1. The number of carboxylic acids is 1. The van der Waals surface area contributed by atoms with Gasteiger partial charge in [-0.2, -0.15) is 0 Å². The maximum Gasteiger partial charge on any atom is 0.317 e. The third kappa shape index (κ3) is 3.19. The molecule has 4 atom stereocenters. The summed E-state index contributed by atoms with van der Waals surface area (Å²) in [6, 6.07) is -0.102. The van der Waals surface area contributed by atoms with Crippen molar-refractivity contribution >= 4 is 12.0 Å². The zero-order chi connectivity index (χ0) is 14.0. The van der Waals surface area contributed by atoms with Gasteiger partial charge >= 0.3 is 12.0 Å². The molecule has 2 N–H and O–H groups in total. The normalized spacial score (nSPS) is 34.5. The summed E-state index contributed by atoms with van der Waals surface area (Å²) in [4.78, 5) is 24.7. The van der Waals surface area contributed by atoms with Crippen LogP contribution in [0.3, 0.4) is 0 Å². The smallest absolute Gasteiger partial charge is 0.317 e. The molecule has 5 heteroatoms. The number of nitrogens with zero attached hydrogens (tertiary/aromatic N) is 1. The van der Waals surface area contributed by atoms with Gasteiger partial charge in [-0.05, 0) is 24.2 Å². The molecule has 2 fully saturated rings. The molecule has 2 unspecified atom stereocenters. The third-order valence-electron chi connectivity index (χ3n) is 4.77. The molecule has 5 nitrogen and oxygen atoms in total. The summed E-state index contributed by atoms with van der Waals surface area (Å²) in [5.41, 5.74) is 0. The first-order valence-electron chi connectivity index (χ1n) is 7.24. The van der Waals surface area contributed by atoms with E-state index in [1.54, 1.807) is 4.90 Å². The summed E-state index contributed by atoms with van der Waals surface area (Å²) in [5, 5.41) is 12.0. The molecule has 1 aliphatic carbocycles. The first kappa shape index (κ1) is 14.2. The fourth-order valence-electron chi connectivity index (χ4n) is 3.31. The lowest BCUT2D eigenvalue weighted by atomic mass is 9.98. The van der Waals surface area contributed by atoms with Crippen LogP contribution in [0.5, 0.6) is 0 Å². The summed E-state index contributed by atoms with van der Waals surface area (Å²) >= 11 is 0. The van der Waals surface area contributed by atoms with Gasteiger partial charge in [0.2, 0.25) is 0 Å². The van der Waals surface area contributed by atoms with Crippen molar-refractivity contribution in [3.8, 4) is 0 Å². The number of aliphatic carboxylic acids is 1. The molecule has 2 amide bonds. The first-order chi connectivity index (χ1) is 8.99. The second-order valence-corrected chi connectivity index (χ2v) is 6.18. The fraction of sp³-hybridized carbons (Fsp3) is 0.857. The van der Waals surface area contributed by atoms with E-state index in [0.29, 0.717) is 24.9 Å². The Morgan fingerprint density at radius 2 is 1.95 bits per heavy atom. The Balaban J connectivity index is 1.79. The van der Waals surface area contributed by atoms with Gasteiger partial charge in [0.1, 0.15) is 0 Å². The van der Waals surface area contributed by atoms with Gasteiger partial charge in [-0.25, -0.2) is 4.79 Å². The van der Waals surface area contributed by atoms with Gasteiger partial charge in [-0.3, -0.25) is 4.79 Å². The predicted molar refractivity (Wildman–Crippen MR) is 71.8 cm³/mol. The number of urea groups is 1. The monoisotopic (exact) mass is 268 g/mol. The first-order valence-corrected chi connectivity index (χ1v) is 7.24. The van der Waals surface area contributed by atoms with Gasteiger partial charge in [0, 0.05) is 19.6 Å². The highest BCUT2D eigenvalue weighted by atomic mass is 16.4. The number of likely N-dealkylation sites (tertiary alicyclic amines) is 1. The van der Waals surface area contributed by atoms with E-state index < -0.39 is 11.9 Å². The molecule has 0 aromatic carbocycles. The summed E-state index contributed by atoms with van der Waals surface area (Å²) in [5.74, 6) is 0.0841. The standard InChI is InChI=1S/C14H24N2O3/c1-9-4-3-5-11(9)6-15-14(19)16-7-10(2)12(8-16)13(17)18/h9-12H,3-8H2,1-2H3,(H,15,19)(H,17,18)/t9?,10-,11?,12-/m1/s1. The lowest BCUT2D eigenvalue weighted by molar-refractivity contribution is -0.142. The average Bonchev–Trinajstić information content (AvgIpc) is 2.92. The highest BCUT2D eigenvalue weighted by Gasteiger charge is 2.37. The van der Waals surface area contributed by atoms with Crippen molar-refractivity contribution in [2.24, 2.45) is 23.7 Å². The quantitative estimate of drug-likeness (QED) is 0.819. The molecular weight excluding hydrogens is 244 g/mol. The number of hydrogen-bond donors (Lipinski definition) is 2. The van der Waals surface area contributed by atoms with Crippen molar-refractivity contribution in [1.29, 1.82) is 0 Å². The highest BCUT2D eigenvalue weighted by molar-refractivity contribution is 5.77. The van der Waals surface area contributed by atoms with Crippen LogP contribution < -0.4 is 5.32 Å². The van der Waals surface area contributed by atoms with Crippen LogP contribution in [0.2, 0.25) is 0 Å². The Kier molecular flexibility index (Phi) is 4.32. The molecule has 1 heterocycles. The second kappa shape index (κ2) is 5.80. The van der Waals surface area contributed by atoms with Gasteiger partial charge in [0.05, 0.1) is 5.92 Å². The van der Waals surface area contributed by atoms with Crippen LogP contribution in [0.25, 0.3) is 0 Å². The van der Waals surface area contributed by atoms with Crippen LogP contribution in [-0.4, -0.2) is 41.6 Å². The minimum absolute atomic E-state index is 0.0358. The fourth-order valence-corrected chi connectivity index (χ4v) is 3.31. The number of nitrogens with one attached hydrogen (secondary N) is 1. The van der Waals surface area contributed by atoms with E-state index in [1.165, 1.54) is 19.3 Å². The van der Waals surface area contributed by atoms with Crippen molar-refractivity contribution in [2.45, 2.75) is 33.1 Å². The van der Waals surface area contributed by atoms with Crippen molar-refractivity contribution in [3.63, 3.8) is 0 Å². The van der Waals surface area contributed by atoms with Crippen LogP contribution in [0.15, 0.2) is 0 Å². The number of amides is 2. The van der Waals surface area contributed by atoms with Crippen LogP contribution in [0.1, 0.15) is 33.1 Å². The lowest BCUT2D eigenvalue weighted by Crippen LogP contribution is -2.41. The van der Waals surface area contributed by atoms with Crippen LogP contribution in [-0.2, 0) is 4.79 Å². The summed E-state index contributed by atoms with van der Waals surface area (Å²) in [6.45, 7) is 5.74. The molecule has 0 spiro atoms. The number of carbonyl (C=O) groups is 2. The molecule has 1 saturated heterocycles. The van der Waals surface area contributed by atoms with E-state index in [4.69, 9.17) is 5.11 Å². The van der Waals surface area contributed by atoms with E-state index in [-0.39, 0.29) is 11.9 Å². The van der Waals surface area contributed by atoms with Gasteiger partial charge in [-0.1, -0.05) is 26.7 Å². The molecule has 0 aromatic heterocycles. The van der Waals surface area contributed by atoms with Gasteiger partial charge in [0.15, 0.2) is 0 Å². The maximum absolute atomic E-state index is 12.0. The molecule has 108 valence electrons. The predicted octanol–water partition coefficient (Wildman–Crippen LogP) is 1.78. The summed E-state index contributed by atoms with van der Waals surface area (Å²) < 4.78 is 0. The minimum Gasteiger partial charge on any atom is -0.481 e. The molecule has 0 bridgehead atoms. The van der Waals surface area contributed by atoms with E-state index in [1.807, 2.05) is 6.92 Å². The van der Waals surface area contributed by atoms with Crippen LogP contribution in [0.4, 0.5) is 4.79 Å². The van der Waals surface area contributed by atoms with E-state index in [0.717, 1.165) is 6.54 Å². The van der Waals surface area contributed by atoms with Crippen molar-refractivity contribution in [1.82, 2.24) is 10.2 Å². The molecule has 1 aliphatic heterocycles. The van der Waals surface area contributed by atoms with Gasteiger partial charge in [-0.15, -0.1) is 0 Å². The third-order valence-corrected chi connectivity index (χ3v) is 4.77. The Hall–Kier alpha value is -1.26. The van der Waals surface area contributed by atoms with Gasteiger partial charge < -0.3 is 15.3 Å². The number of hydrogen-bond acceptors (Lipinski definition) is 2. The van der Waals surface area contributed by atoms with Crippen molar-refractivity contribution < 1.29 is 14.7 Å². The molecule has 19 heavy (non-hydrogen) atoms. The summed E-state index contributed by atoms with van der Waals surface area (Å²) in [6.07, 6.45) is 3.70. The number of carboxylic acid groups (broad SMARTS) is 1. The van der Waals surface area contributed by atoms with Crippen LogP contribution >= 0.6 is 0 Å². The molecule has 2 rings (SSSR count). The van der Waals surface area contributed by atoms with E-state index >= 15 is 0 Å². The van der Waals surface area contributed by atoms with Crippen molar-refractivity contribution in [3.05, 3.63) is 0 Å². The molecular formula is C14H24N2O3. The summed E-state index contributed by atoms with van der Waals surface area (Å²) in [7, 11) is 0. The molecule has 1 saturated carbocycles. The van der Waals surface area contributed by atoms with E-state index in [9.17, 15) is 9.59 Å². The van der Waals surface area contributed by atoms with Crippen molar-refractivity contribution in [2.75, 3.05) is 19.6 Å². The average molecular weight is 268 g/mol. The molecule has 2 aliphatic rings. The zero-order valence-corrected chi connectivity index (χ0v) is 11.8.